The van der Waals surface area contributed by atoms with E-state index in [-0.39, 0.29) is 0 Å². The van der Waals surface area contributed by atoms with Gasteiger partial charge in [0.15, 0.2) is 0 Å². The predicted molar refractivity (Wildman–Crippen MR) is 210 cm³/mol. The maximum absolute atomic E-state index is 6.60. The Labute approximate surface area is 287 Å². The van der Waals surface area contributed by atoms with Crippen molar-refractivity contribution in [3.8, 4) is 22.3 Å². The summed E-state index contributed by atoms with van der Waals surface area (Å²) < 4.78 is 9.10. The fraction of sp³-hybridized carbons (Fsp3) is 0. The zero-order valence-corrected chi connectivity index (χ0v) is 27.3. The SMILES string of the molecule is c1ccc(-c2ccc(N(c3ccc(-c4ccccc4)cc3)c3cccc4c3sc3ccc5oc6c7ccccc7ccc6c5c34)cc2)cc1. The molecule has 2 heterocycles. The molecule has 10 rings (SSSR count). The first-order valence-corrected chi connectivity index (χ1v) is 17.4. The lowest BCUT2D eigenvalue weighted by molar-refractivity contribution is 0.673. The Hall–Kier alpha value is -6.16. The number of nitrogens with zero attached hydrogens (tertiary/aromatic N) is 1. The highest BCUT2D eigenvalue weighted by atomic mass is 32.1. The normalized spacial score (nSPS) is 11.7. The van der Waals surface area contributed by atoms with Gasteiger partial charge in [0.05, 0.1) is 10.4 Å². The van der Waals surface area contributed by atoms with Gasteiger partial charge in [-0.15, -0.1) is 11.3 Å². The summed E-state index contributed by atoms with van der Waals surface area (Å²) in [6.07, 6.45) is 0. The minimum absolute atomic E-state index is 0.925. The molecule has 0 amide bonds. The minimum Gasteiger partial charge on any atom is -0.455 e. The highest BCUT2D eigenvalue weighted by molar-refractivity contribution is 7.26. The molecule has 0 saturated heterocycles. The summed E-state index contributed by atoms with van der Waals surface area (Å²) in [6, 6.07) is 63.0. The third-order valence-corrected chi connectivity index (χ3v) is 10.9. The maximum Gasteiger partial charge on any atom is 0.143 e. The summed E-state index contributed by atoms with van der Waals surface area (Å²) in [7, 11) is 0. The Kier molecular flexibility index (Phi) is 6.39. The molecule has 10 aromatic rings. The number of hydrogen-bond acceptors (Lipinski definition) is 3. The molecule has 0 fully saturated rings. The summed E-state index contributed by atoms with van der Waals surface area (Å²) in [6.45, 7) is 0. The van der Waals surface area contributed by atoms with Crippen LogP contribution in [0, 0.1) is 0 Å². The van der Waals surface area contributed by atoms with E-state index in [0.29, 0.717) is 0 Å². The molecular weight excluding hydrogens is 615 g/mol. The first kappa shape index (κ1) is 27.9. The molecule has 0 saturated carbocycles. The standard InChI is InChI=1S/C46H29NOS/c1-3-10-30(11-4-1)32-18-23-35(24-19-32)47(36-25-20-33(21-26-36)31-12-5-2-6-13-31)40-17-9-16-39-44-42(49-46(39)40)29-28-41-43(44)38-27-22-34-14-7-8-15-37(34)45(38)48-41/h1-29H. The molecule has 230 valence electrons. The molecule has 2 aromatic heterocycles. The first-order chi connectivity index (χ1) is 24.3. The van der Waals surface area contributed by atoms with Crippen molar-refractivity contribution >= 4 is 81.3 Å². The van der Waals surface area contributed by atoms with Crippen LogP contribution in [0.2, 0.25) is 0 Å². The van der Waals surface area contributed by atoms with Crippen molar-refractivity contribution in [3.05, 3.63) is 176 Å². The number of hydrogen-bond donors (Lipinski definition) is 0. The topological polar surface area (TPSA) is 16.4 Å². The molecule has 0 aliphatic carbocycles. The van der Waals surface area contributed by atoms with Gasteiger partial charge in [-0.3, -0.25) is 0 Å². The van der Waals surface area contributed by atoms with Crippen molar-refractivity contribution in [2.24, 2.45) is 0 Å². The van der Waals surface area contributed by atoms with Gasteiger partial charge in [0.1, 0.15) is 11.2 Å². The summed E-state index contributed by atoms with van der Waals surface area (Å²) in [5.41, 5.74) is 10.1. The average Bonchev–Trinajstić information content (AvgIpc) is 3.75. The van der Waals surface area contributed by atoms with E-state index in [4.69, 9.17) is 4.42 Å². The van der Waals surface area contributed by atoms with Crippen LogP contribution in [0.15, 0.2) is 180 Å². The van der Waals surface area contributed by atoms with Crippen LogP contribution in [0.1, 0.15) is 0 Å². The molecule has 49 heavy (non-hydrogen) atoms. The fourth-order valence-corrected chi connectivity index (χ4v) is 8.55. The van der Waals surface area contributed by atoms with Crippen LogP contribution in [0.5, 0.6) is 0 Å². The van der Waals surface area contributed by atoms with Gasteiger partial charge in [0.2, 0.25) is 0 Å². The zero-order chi connectivity index (χ0) is 32.3. The third kappa shape index (κ3) is 4.55. The second kappa shape index (κ2) is 11.2. The molecule has 0 unspecified atom stereocenters. The number of furan rings is 1. The summed E-state index contributed by atoms with van der Waals surface area (Å²) in [5.74, 6) is 0. The van der Waals surface area contributed by atoms with Crippen LogP contribution in [0.25, 0.3) is 75.1 Å². The van der Waals surface area contributed by atoms with Crippen LogP contribution < -0.4 is 4.90 Å². The Morgan fingerprint density at radius 1 is 0.408 bits per heavy atom. The molecule has 0 bridgehead atoms. The highest BCUT2D eigenvalue weighted by Crippen LogP contribution is 2.48. The van der Waals surface area contributed by atoms with Gasteiger partial charge >= 0.3 is 0 Å². The molecule has 8 aromatic carbocycles. The Morgan fingerprint density at radius 2 is 1.00 bits per heavy atom. The van der Waals surface area contributed by atoms with Gasteiger partial charge in [0, 0.05) is 43.0 Å². The zero-order valence-electron chi connectivity index (χ0n) is 26.5. The molecule has 0 aliphatic heterocycles. The minimum atomic E-state index is 0.925. The number of rotatable bonds is 5. The lowest BCUT2D eigenvalue weighted by Gasteiger charge is -2.26. The molecule has 0 N–H and O–H groups in total. The van der Waals surface area contributed by atoms with E-state index < -0.39 is 0 Å². The predicted octanol–water partition coefficient (Wildman–Crippen LogP) is 13.9. The Balaban J connectivity index is 1.19. The average molecular weight is 644 g/mol. The van der Waals surface area contributed by atoms with Gasteiger partial charge in [-0.1, -0.05) is 127 Å². The van der Waals surface area contributed by atoms with Gasteiger partial charge in [-0.2, -0.15) is 0 Å². The number of thiophene rings is 1. The number of anilines is 3. The third-order valence-electron chi connectivity index (χ3n) is 9.67. The Bertz CT molecular complexity index is 2710. The molecule has 0 radical (unpaired) electrons. The van der Waals surface area contributed by atoms with E-state index >= 15 is 0 Å². The second-order valence-corrected chi connectivity index (χ2v) is 13.5. The highest BCUT2D eigenvalue weighted by Gasteiger charge is 2.21. The van der Waals surface area contributed by atoms with Crippen LogP contribution in [-0.2, 0) is 0 Å². The second-order valence-electron chi connectivity index (χ2n) is 12.5. The number of fused-ring (bicyclic) bond motifs is 9. The van der Waals surface area contributed by atoms with Crippen LogP contribution in [0.4, 0.5) is 17.1 Å². The molecule has 2 nitrogen and oxygen atoms in total. The van der Waals surface area contributed by atoms with Crippen molar-refractivity contribution < 1.29 is 4.42 Å². The lowest BCUT2D eigenvalue weighted by Crippen LogP contribution is -2.10. The summed E-state index contributed by atoms with van der Waals surface area (Å²) in [4.78, 5) is 2.40. The molecule has 3 heteroatoms. The van der Waals surface area contributed by atoms with E-state index in [1.54, 1.807) is 0 Å². The smallest absolute Gasteiger partial charge is 0.143 e. The molecule has 0 aliphatic rings. The van der Waals surface area contributed by atoms with Crippen LogP contribution in [0.3, 0.4) is 0 Å². The van der Waals surface area contributed by atoms with Gasteiger partial charge in [-0.25, -0.2) is 0 Å². The fourth-order valence-electron chi connectivity index (χ4n) is 7.34. The van der Waals surface area contributed by atoms with Crippen LogP contribution in [-0.4, -0.2) is 0 Å². The maximum atomic E-state index is 6.60. The van der Waals surface area contributed by atoms with Crippen molar-refractivity contribution in [2.45, 2.75) is 0 Å². The van der Waals surface area contributed by atoms with E-state index in [0.717, 1.165) is 39.0 Å². The quantitative estimate of drug-likeness (QED) is 0.186. The van der Waals surface area contributed by atoms with Crippen molar-refractivity contribution in [2.75, 3.05) is 4.90 Å². The van der Waals surface area contributed by atoms with Crippen molar-refractivity contribution in [3.63, 3.8) is 0 Å². The largest absolute Gasteiger partial charge is 0.455 e. The van der Waals surface area contributed by atoms with Crippen molar-refractivity contribution in [1.82, 2.24) is 0 Å². The van der Waals surface area contributed by atoms with Gasteiger partial charge < -0.3 is 9.32 Å². The molecular formula is C46H29NOS. The molecule has 0 spiro atoms. The molecule has 0 atom stereocenters. The van der Waals surface area contributed by atoms with E-state index in [9.17, 15) is 0 Å². The van der Waals surface area contributed by atoms with Crippen LogP contribution >= 0.6 is 11.3 Å². The summed E-state index contributed by atoms with van der Waals surface area (Å²) in [5, 5.41) is 7.18. The number of benzene rings is 8. The van der Waals surface area contributed by atoms with Gasteiger partial charge in [-0.05, 0) is 76.2 Å². The van der Waals surface area contributed by atoms with E-state index in [1.807, 2.05) is 11.3 Å². The van der Waals surface area contributed by atoms with Crippen molar-refractivity contribution in [1.29, 1.82) is 0 Å². The monoisotopic (exact) mass is 643 g/mol. The summed E-state index contributed by atoms with van der Waals surface area (Å²) >= 11 is 1.85. The van der Waals surface area contributed by atoms with E-state index in [1.165, 1.54) is 53.2 Å². The van der Waals surface area contributed by atoms with E-state index in [2.05, 4.69) is 181 Å². The Morgan fingerprint density at radius 3 is 1.67 bits per heavy atom. The lowest BCUT2D eigenvalue weighted by atomic mass is 10.0. The van der Waals surface area contributed by atoms with Gasteiger partial charge in [0.25, 0.3) is 0 Å². The first-order valence-electron chi connectivity index (χ1n) is 16.6.